The smallest absolute Gasteiger partial charge is 0.456 e. The topological polar surface area (TPSA) is 111 Å². The minimum absolute atomic E-state index is 0.0338. The molecule has 0 aromatic heterocycles. The van der Waals surface area contributed by atoms with Crippen molar-refractivity contribution in [3.05, 3.63) is 60.8 Å². The van der Waals surface area contributed by atoms with E-state index in [9.17, 15) is 19.0 Å². The summed E-state index contributed by atoms with van der Waals surface area (Å²) >= 11 is 0. The van der Waals surface area contributed by atoms with E-state index in [0.29, 0.717) is 23.9 Å². The zero-order chi connectivity index (χ0) is 60.7. The predicted octanol–water partition coefficient (Wildman–Crippen LogP) is 22.6. The van der Waals surface area contributed by atoms with Crippen LogP contribution < -0.4 is 5.32 Å². The lowest BCUT2D eigenvalue weighted by Gasteiger charge is -2.27. The molecule has 0 aliphatic rings. The Hall–Kier alpha value is -2.29. The van der Waals surface area contributed by atoms with Crippen LogP contribution in [0.1, 0.15) is 342 Å². The number of nitrogens with one attached hydrogen (secondary N) is 1. The number of quaternary nitrogens is 1. The van der Waals surface area contributed by atoms with Crippen molar-refractivity contribution in [2.24, 2.45) is 0 Å². The minimum atomic E-state index is -4.46. The van der Waals surface area contributed by atoms with Crippen molar-refractivity contribution in [1.82, 2.24) is 5.32 Å². The third-order valence-corrected chi connectivity index (χ3v) is 16.9. The number of unbranched alkanes of at least 4 members (excludes halogenated alkanes) is 41. The number of hydrogen-bond acceptors (Lipinski definition) is 6. The fourth-order valence-corrected chi connectivity index (χ4v) is 11.2. The SMILES string of the molecule is CCCCC/C=C\C/C=C\C/C=C\C/C=C\CCCCCC(=O)NC(COP(=O)(O)OCC[N+](C)(C)C)C(/C=C\CCCCCCCCCCC)OC(=O)CCCCCCCCCCCCCCCCCCCCCCCCCCCCC. The van der Waals surface area contributed by atoms with Crippen LogP contribution in [0.15, 0.2) is 60.8 Å². The molecule has 9 nitrogen and oxygen atoms in total. The number of amides is 1. The molecule has 0 fully saturated rings. The van der Waals surface area contributed by atoms with Gasteiger partial charge in [-0.3, -0.25) is 18.6 Å². The number of rotatable bonds is 65. The van der Waals surface area contributed by atoms with Crippen molar-refractivity contribution >= 4 is 19.7 Å². The summed E-state index contributed by atoms with van der Waals surface area (Å²) in [6.07, 6.45) is 81.1. The molecule has 0 aromatic carbocycles. The molecule has 0 aliphatic heterocycles. The van der Waals surface area contributed by atoms with Crippen LogP contribution in [0.25, 0.3) is 0 Å². The summed E-state index contributed by atoms with van der Waals surface area (Å²) in [7, 11) is 1.48. The average molecular weight is 1190 g/mol. The van der Waals surface area contributed by atoms with Crippen molar-refractivity contribution in [1.29, 1.82) is 0 Å². The summed E-state index contributed by atoms with van der Waals surface area (Å²) in [5.74, 6) is -0.529. The van der Waals surface area contributed by atoms with Crippen LogP contribution in [0.4, 0.5) is 0 Å². The summed E-state index contributed by atoms with van der Waals surface area (Å²) in [5, 5.41) is 3.05. The number of carbonyl (C=O) groups excluding carboxylic acids is 2. The Kier molecular flexibility index (Phi) is 61.0. The molecule has 3 unspecified atom stereocenters. The highest BCUT2D eigenvalue weighted by atomic mass is 31.2. The van der Waals surface area contributed by atoms with Gasteiger partial charge in [-0.2, -0.15) is 0 Å². The molecule has 0 radical (unpaired) electrons. The zero-order valence-corrected chi connectivity index (χ0v) is 56.6. The normalized spacial score (nSPS) is 13.9. The first-order chi connectivity index (χ1) is 40.4. The Balaban J connectivity index is 5.00. The van der Waals surface area contributed by atoms with E-state index in [-0.39, 0.29) is 31.5 Å². The van der Waals surface area contributed by atoms with E-state index in [1.807, 2.05) is 33.3 Å². The lowest BCUT2D eigenvalue weighted by atomic mass is 10.0. The molecular weight excluding hydrogens is 1050 g/mol. The van der Waals surface area contributed by atoms with Gasteiger partial charge in [0.15, 0.2) is 0 Å². The first kappa shape index (κ1) is 80.7. The Morgan fingerprint density at radius 3 is 1.13 bits per heavy atom. The molecule has 0 saturated carbocycles. The van der Waals surface area contributed by atoms with Crippen LogP contribution in [-0.4, -0.2) is 74.3 Å². The van der Waals surface area contributed by atoms with E-state index in [0.717, 1.165) is 77.0 Å². The maximum absolute atomic E-state index is 13.6. The number of ether oxygens (including phenoxy) is 1. The van der Waals surface area contributed by atoms with Gasteiger partial charge in [-0.1, -0.05) is 313 Å². The molecule has 3 atom stereocenters. The maximum Gasteiger partial charge on any atom is 0.472 e. The van der Waals surface area contributed by atoms with Gasteiger partial charge in [0.2, 0.25) is 5.91 Å². The first-order valence-electron chi connectivity index (χ1n) is 35.6. The summed E-state index contributed by atoms with van der Waals surface area (Å²) in [5.41, 5.74) is 0. The van der Waals surface area contributed by atoms with Crippen LogP contribution in [0.3, 0.4) is 0 Å². The average Bonchev–Trinajstić information content (AvgIpc) is 3.52. The highest BCUT2D eigenvalue weighted by Crippen LogP contribution is 2.43. The highest BCUT2D eigenvalue weighted by Gasteiger charge is 2.30. The number of phosphoric ester groups is 1. The van der Waals surface area contributed by atoms with Crippen molar-refractivity contribution in [3.63, 3.8) is 0 Å². The number of phosphoric acid groups is 1. The van der Waals surface area contributed by atoms with Gasteiger partial charge in [-0.25, -0.2) is 4.57 Å². The van der Waals surface area contributed by atoms with Crippen molar-refractivity contribution in [3.8, 4) is 0 Å². The molecule has 0 saturated heterocycles. The number of carbonyl (C=O) groups is 2. The lowest BCUT2D eigenvalue weighted by molar-refractivity contribution is -0.870. The second kappa shape index (κ2) is 62.8. The highest BCUT2D eigenvalue weighted by molar-refractivity contribution is 7.47. The van der Waals surface area contributed by atoms with E-state index in [1.165, 1.54) is 225 Å². The fraction of sp³-hybridized carbons (Fsp3) is 0.836. The van der Waals surface area contributed by atoms with Crippen LogP contribution >= 0.6 is 7.82 Å². The largest absolute Gasteiger partial charge is 0.472 e. The molecule has 10 heteroatoms. The number of esters is 1. The minimum Gasteiger partial charge on any atom is -0.456 e. The molecule has 486 valence electrons. The molecule has 0 aromatic rings. The Morgan fingerprint density at radius 2 is 0.735 bits per heavy atom. The Labute approximate surface area is 515 Å². The molecular formula is C73H138N2O7P+. The summed E-state index contributed by atoms with van der Waals surface area (Å²) in [4.78, 5) is 37.8. The molecule has 0 heterocycles. The molecule has 0 spiro atoms. The Bertz CT molecular complexity index is 1600. The van der Waals surface area contributed by atoms with Crippen molar-refractivity contribution in [2.75, 3.05) is 40.9 Å². The third kappa shape index (κ3) is 64.0. The van der Waals surface area contributed by atoms with Crippen LogP contribution in [0, 0.1) is 0 Å². The summed E-state index contributed by atoms with van der Waals surface area (Å²) in [6, 6.07) is -0.865. The first-order valence-corrected chi connectivity index (χ1v) is 37.1. The van der Waals surface area contributed by atoms with Gasteiger partial charge in [0.25, 0.3) is 0 Å². The molecule has 0 rings (SSSR count). The van der Waals surface area contributed by atoms with Crippen molar-refractivity contribution in [2.45, 2.75) is 354 Å². The van der Waals surface area contributed by atoms with E-state index in [4.69, 9.17) is 13.8 Å². The van der Waals surface area contributed by atoms with Crippen LogP contribution in [0.5, 0.6) is 0 Å². The van der Waals surface area contributed by atoms with Crippen LogP contribution in [-0.2, 0) is 27.9 Å². The molecule has 0 bridgehead atoms. The lowest BCUT2D eigenvalue weighted by Crippen LogP contribution is -2.47. The van der Waals surface area contributed by atoms with Crippen LogP contribution in [0.2, 0.25) is 0 Å². The second-order valence-electron chi connectivity index (χ2n) is 25.4. The quantitative estimate of drug-likeness (QED) is 0.0205. The summed E-state index contributed by atoms with van der Waals surface area (Å²) < 4.78 is 30.8. The molecule has 2 N–H and O–H groups in total. The molecule has 83 heavy (non-hydrogen) atoms. The zero-order valence-electron chi connectivity index (χ0n) is 55.7. The number of allylic oxidation sites excluding steroid dienone is 9. The maximum atomic E-state index is 13.6. The van der Waals surface area contributed by atoms with E-state index >= 15 is 0 Å². The van der Waals surface area contributed by atoms with E-state index < -0.39 is 20.0 Å². The Morgan fingerprint density at radius 1 is 0.422 bits per heavy atom. The number of likely N-dealkylation sites (N-methyl/N-ethyl adjacent to an activating group) is 1. The molecule has 0 aliphatic carbocycles. The van der Waals surface area contributed by atoms with Gasteiger partial charge in [0, 0.05) is 12.8 Å². The van der Waals surface area contributed by atoms with Gasteiger partial charge >= 0.3 is 13.8 Å². The fourth-order valence-electron chi connectivity index (χ4n) is 10.5. The third-order valence-electron chi connectivity index (χ3n) is 16.0. The standard InChI is InChI=1S/C73H137N2O7P/c1-7-10-13-16-19-22-25-27-29-31-33-34-35-36-37-38-39-40-42-44-46-48-51-54-57-60-63-66-73(77)82-71(64-61-58-55-52-49-24-21-18-15-12-9-3)70(69-81-83(78,79)80-68-67-75(4,5)6)74-72(76)65-62-59-56-53-50-47-45-43-41-32-30-28-26-23-20-17-14-11-8-2/h20,23,28,30,41,43,47,50,61,64,70-71H,7-19,21-22,24-27,29,31-40,42,44-46,48-49,51-60,62-63,65-69H2,1-6H3,(H-,74,76,78,79)/p+1/b23-20-,30-28-,43-41-,50-47-,64-61-. The van der Waals surface area contributed by atoms with E-state index in [2.05, 4.69) is 74.7 Å². The molecule has 1 amide bonds. The monoisotopic (exact) mass is 1190 g/mol. The predicted molar refractivity (Wildman–Crippen MR) is 360 cm³/mol. The summed E-state index contributed by atoms with van der Waals surface area (Å²) in [6.45, 7) is 6.99. The number of hydrogen-bond donors (Lipinski definition) is 2. The second-order valence-corrected chi connectivity index (χ2v) is 26.9. The van der Waals surface area contributed by atoms with E-state index in [1.54, 1.807) is 0 Å². The van der Waals surface area contributed by atoms with Gasteiger partial charge in [0.1, 0.15) is 19.3 Å². The van der Waals surface area contributed by atoms with Crippen molar-refractivity contribution < 1.29 is 37.3 Å². The van der Waals surface area contributed by atoms with Gasteiger partial charge in [0.05, 0.1) is 33.8 Å². The van der Waals surface area contributed by atoms with Gasteiger partial charge in [-0.15, -0.1) is 0 Å². The van der Waals surface area contributed by atoms with Gasteiger partial charge < -0.3 is 19.4 Å². The number of nitrogens with zero attached hydrogens (tertiary/aromatic N) is 1. The van der Waals surface area contributed by atoms with Gasteiger partial charge in [-0.05, 0) is 76.7 Å².